The minimum absolute atomic E-state index is 0.0609. The van der Waals surface area contributed by atoms with Crippen molar-refractivity contribution in [3.63, 3.8) is 0 Å². The Kier molecular flexibility index (Phi) is 4.72. The molecule has 3 aromatic rings. The van der Waals surface area contributed by atoms with Crippen LogP contribution in [0.1, 0.15) is 19.3 Å². The molecular weight excluding hydrogens is 444 g/mol. The van der Waals surface area contributed by atoms with Gasteiger partial charge in [0.1, 0.15) is 6.61 Å². The van der Waals surface area contributed by atoms with E-state index in [4.69, 9.17) is 9.47 Å². The molecule has 33 heavy (non-hydrogen) atoms. The van der Waals surface area contributed by atoms with Gasteiger partial charge < -0.3 is 18.9 Å². The van der Waals surface area contributed by atoms with Crippen LogP contribution in [0.2, 0.25) is 0 Å². The first-order chi connectivity index (χ1) is 16.0. The molecule has 1 aromatic heterocycles. The molecular formula is C23H24N4O5S. The standard InChI is InChI=1S/C23H24N4O5S/c28-22(25-10-4-1-5-11-25)21-15-31-20-14-16(8-9-19(20)32-21)33(29,30)27-13-12-26-18-7-3-2-6-17(18)24-23(26)27/h2-3,6-9,14,21H,1,4-5,10-13,15H2. The van der Waals surface area contributed by atoms with E-state index in [0.29, 0.717) is 30.5 Å². The Bertz CT molecular complexity index is 1350. The van der Waals surface area contributed by atoms with Gasteiger partial charge in [-0.05, 0) is 43.5 Å². The maximum absolute atomic E-state index is 13.5. The van der Waals surface area contributed by atoms with Gasteiger partial charge in [-0.3, -0.25) is 4.79 Å². The lowest BCUT2D eigenvalue weighted by Crippen LogP contribution is -2.48. The summed E-state index contributed by atoms with van der Waals surface area (Å²) in [5.41, 5.74) is 1.68. The number of para-hydroxylation sites is 2. The zero-order chi connectivity index (χ0) is 22.6. The molecule has 0 radical (unpaired) electrons. The van der Waals surface area contributed by atoms with Gasteiger partial charge >= 0.3 is 0 Å². The van der Waals surface area contributed by atoms with Gasteiger partial charge in [0.05, 0.1) is 22.5 Å². The van der Waals surface area contributed by atoms with Crippen molar-refractivity contribution >= 4 is 32.9 Å². The molecule has 9 nitrogen and oxygen atoms in total. The van der Waals surface area contributed by atoms with Crippen LogP contribution in [0.5, 0.6) is 11.5 Å². The highest BCUT2D eigenvalue weighted by molar-refractivity contribution is 7.92. The lowest BCUT2D eigenvalue weighted by molar-refractivity contribution is -0.142. The van der Waals surface area contributed by atoms with Crippen LogP contribution in [0, 0.1) is 0 Å². The number of carbonyl (C=O) groups excluding carboxylic acids is 1. The summed E-state index contributed by atoms with van der Waals surface area (Å²) < 4.78 is 41.8. The number of sulfonamides is 1. The number of anilines is 1. The largest absolute Gasteiger partial charge is 0.485 e. The fourth-order valence-electron chi connectivity index (χ4n) is 4.77. The smallest absolute Gasteiger partial charge is 0.267 e. The summed E-state index contributed by atoms with van der Waals surface area (Å²) >= 11 is 0. The molecule has 1 unspecified atom stereocenters. The molecule has 0 N–H and O–H groups in total. The second-order valence-electron chi connectivity index (χ2n) is 8.54. The van der Waals surface area contributed by atoms with Crippen LogP contribution in [0.15, 0.2) is 47.4 Å². The summed E-state index contributed by atoms with van der Waals surface area (Å²) in [7, 11) is -3.84. The van der Waals surface area contributed by atoms with E-state index in [1.165, 1.54) is 16.4 Å². The molecule has 3 aliphatic heterocycles. The van der Waals surface area contributed by atoms with E-state index in [2.05, 4.69) is 4.98 Å². The van der Waals surface area contributed by atoms with Gasteiger partial charge in [0, 0.05) is 25.7 Å². The molecule has 10 heteroatoms. The number of benzene rings is 2. The van der Waals surface area contributed by atoms with Gasteiger partial charge in [-0.2, -0.15) is 0 Å². The Morgan fingerprint density at radius 3 is 2.64 bits per heavy atom. The number of hydrogen-bond donors (Lipinski definition) is 0. The summed E-state index contributed by atoms with van der Waals surface area (Å²) in [5, 5.41) is 0. The highest BCUT2D eigenvalue weighted by Crippen LogP contribution is 2.37. The first-order valence-electron chi connectivity index (χ1n) is 11.2. The maximum atomic E-state index is 13.5. The van der Waals surface area contributed by atoms with Gasteiger partial charge in [0.2, 0.25) is 12.1 Å². The number of hydrogen-bond acceptors (Lipinski definition) is 6. The molecule has 4 heterocycles. The number of fused-ring (bicyclic) bond motifs is 4. The molecule has 0 spiro atoms. The van der Waals surface area contributed by atoms with Gasteiger partial charge in [-0.1, -0.05) is 12.1 Å². The van der Waals surface area contributed by atoms with Crippen LogP contribution >= 0.6 is 0 Å². The summed E-state index contributed by atoms with van der Waals surface area (Å²) in [5.74, 6) is 1.04. The highest BCUT2D eigenvalue weighted by Gasteiger charge is 2.36. The Labute approximate surface area is 191 Å². The fourth-order valence-corrected chi connectivity index (χ4v) is 6.20. The Balaban J connectivity index is 1.25. The lowest BCUT2D eigenvalue weighted by atomic mass is 10.1. The Morgan fingerprint density at radius 2 is 1.79 bits per heavy atom. The minimum Gasteiger partial charge on any atom is -0.485 e. The molecule has 3 aliphatic rings. The number of likely N-dealkylation sites (tertiary alicyclic amines) is 1. The number of piperidine rings is 1. The van der Waals surface area contributed by atoms with E-state index >= 15 is 0 Å². The Morgan fingerprint density at radius 1 is 0.970 bits per heavy atom. The van der Waals surface area contributed by atoms with Crippen LogP contribution in [-0.2, 0) is 21.4 Å². The molecule has 1 atom stereocenters. The fraction of sp³-hybridized carbons (Fsp3) is 0.391. The molecule has 1 saturated heterocycles. The number of aromatic nitrogens is 2. The van der Waals surface area contributed by atoms with Crippen molar-refractivity contribution in [1.82, 2.24) is 14.5 Å². The third-order valence-electron chi connectivity index (χ3n) is 6.49. The van der Waals surface area contributed by atoms with Crippen molar-refractivity contribution < 1.29 is 22.7 Å². The number of nitrogens with zero attached hydrogens (tertiary/aromatic N) is 4. The van der Waals surface area contributed by atoms with Crippen LogP contribution in [0.25, 0.3) is 11.0 Å². The van der Waals surface area contributed by atoms with Gasteiger partial charge in [0.15, 0.2) is 11.5 Å². The average Bonchev–Trinajstić information content (AvgIpc) is 3.43. The van der Waals surface area contributed by atoms with Crippen LogP contribution in [-0.4, -0.2) is 61.1 Å². The third kappa shape index (κ3) is 3.31. The topological polar surface area (TPSA) is 94.0 Å². The second kappa shape index (κ2) is 7.65. The summed E-state index contributed by atoms with van der Waals surface area (Å²) in [6.45, 7) is 2.40. The van der Waals surface area contributed by atoms with E-state index in [1.807, 2.05) is 33.7 Å². The zero-order valence-electron chi connectivity index (χ0n) is 18.0. The molecule has 6 rings (SSSR count). The van der Waals surface area contributed by atoms with Crippen LogP contribution in [0.4, 0.5) is 5.95 Å². The van der Waals surface area contributed by atoms with E-state index in [0.717, 1.165) is 43.4 Å². The van der Waals surface area contributed by atoms with Crippen molar-refractivity contribution in [3.8, 4) is 11.5 Å². The van der Waals surface area contributed by atoms with Gasteiger partial charge in [-0.15, -0.1) is 0 Å². The molecule has 172 valence electrons. The Hall–Kier alpha value is -3.27. The monoisotopic (exact) mass is 468 g/mol. The minimum atomic E-state index is -3.84. The molecule has 0 aliphatic carbocycles. The summed E-state index contributed by atoms with van der Waals surface area (Å²) in [6, 6.07) is 12.1. The van der Waals surface area contributed by atoms with Gasteiger partial charge in [0.25, 0.3) is 15.9 Å². The SMILES string of the molecule is O=C(C1COc2cc(S(=O)(=O)N3CCn4c3nc3ccccc34)ccc2O1)N1CCCCC1. The molecule has 1 fully saturated rings. The lowest BCUT2D eigenvalue weighted by Gasteiger charge is -2.32. The van der Waals surface area contributed by atoms with E-state index in [9.17, 15) is 13.2 Å². The third-order valence-corrected chi connectivity index (χ3v) is 8.27. The van der Waals surface area contributed by atoms with Crippen LogP contribution < -0.4 is 13.8 Å². The first kappa shape index (κ1) is 20.3. The van der Waals surface area contributed by atoms with E-state index < -0.39 is 16.1 Å². The summed E-state index contributed by atoms with van der Waals surface area (Å²) in [4.78, 5) is 19.2. The zero-order valence-corrected chi connectivity index (χ0v) is 18.8. The number of rotatable bonds is 3. The first-order valence-corrected chi connectivity index (χ1v) is 12.7. The average molecular weight is 469 g/mol. The van der Waals surface area contributed by atoms with E-state index in [-0.39, 0.29) is 17.4 Å². The highest BCUT2D eigenvalue weighted by atomic mass is 32.2. The quantitative estimate of drug-likeness (QED) is 0.586. The van der Waals surface area contributed by atoms with Crippen molar-refractivity contribution in [3.05, 3.63) is 42.5 Å². The van der Waals surface area contributed by atoms with Crippen molar-refractivity contribution in [2.24, 2.45) is 0 Å². The molecule has 0 saturated carbocycles. The van der Waals surface area contributed by atoms with Gasteiger partial charge in [-0.25, -0.2) is 17.7 Å². The normalized spacial score (nSPS) is 20.2. The number of imidazole rings is 1. The van der Waals surface area contributed by atoms with Crippen molar-refractivity contribution in [2.45, 2.75) is 36.8 Å². The predicted octanol–water partition coefficient (Wildman–Crippen LogP) is 2.40. The number of carbonyl (C=O) groups is 1. The van der Waals surface area contributed by atoms with Crippen LogP contribution in [0.3, 0.4) is 0 Å². The van der Waals surface area contributed by atoms with Crippen molar-refractivity contribution in [1.29, 1.82) is 0 Å². The predicted molar refractivity (Wildman–Crippen MR) is 121 cm³/mol. The molecule has 0 bridgehead atoms. The molecule has 1 amide bonds. The summed E-state index contributed by atoms with van der Waals surface area (Å²) in [6.07, 6.45) is 2.43. The number of ether oxygens (including phenoxy) is 2. The van der Waals surface area contributed by atoms with Crippen molar-refractivity contribution in [2.75, 3.05) is 30.5 Å². The van der Waals surface area contributed by atoms with E-state index in [1.54, 1.807) is 6.07 Å². The number of amides is 1. The maximum Gasteiger partial charge on any atom is 0.267 e. The second-order valence-corrected chi connectivity index (χ2v) is 10.4. The molecule has 2 aromatic carbocycles.